The highest BCUT2D eigenvalue weighted by Crippen LogP contribution is 2.38. The number of para-hydroxylation sites is 1. The number of rotatable bonds is 2. The maximum atomic E-state index is 13.0. The van der Waals surface area contributed by atoms with Crippen LogP contribution in [0.5, 0.6) is 0 Å². The van der Waals surface area contributed by atoms with Crippen molar-refractivity contribution >= 4 is 16.8 Å². The van der Waals surface area contributed by atoms with Gasteiger partial charge in [-0.1, -0.05) is 48.5 Å². The Labute approximate surface area is 146 Å². The van der Waals surface area contributed by atoms with Gasteiger partial charge in [0.15, 0.2) is 0 Å². The molecule has 0 bridgehead atoms. The lowest BCUT2D eigenvalue weighted by Crippen LogP contribution is -2.29. The van der Waals surface area contributed by atoms with Crippen LogP contribution < -0.4 is 0 Å². The molecular formula is C20H13F3N2O. The van der Waals surface area contributed by atoms with Crippen molar-refractivity contribution in [2.45, 2.75) is 6.18 Å². The molecule has 0 aliphatic rings. The summed E-state index contributed by atoms with van der Waals surface area (Å²) in [4.78, 5) is 15.0. The molecule has 130 valence electrons. The van der Waals surface area contributed by atoms with E-state index in [2.05, 4.69) is 4.98 Å². The molecule has 0 saturated heterocycles. The predicted molar refractivity (Wildman–Crippen MR) is 93.8 cm³/mol. The molecule has 2 aromatic carbocycles. The van der Waals surface area contributed by atoms with Gasteiger partial charge in [-0.3, -0.25) is 9.36 Å². The van der Waals surface area contributed by atoms with Crippen LogP contribution in [-0.4, -0.2) is 21.6 Å². The van der Waals surface area contributed by atoms with Crippen LogP contribution in [0, 0.1) is 0 Å². The molecule has 0 aliphatic carbocycles. The average Bonchev–Trinajstić information content (AvgIpc) is 3.25. The number of fused-ring (bicyclic) bond motifs is 1. The minimum absolute atomic E-state index is 0.169. The summed E-state index contributed by atoms with van der Waals surface area (Å²) in [6.45, 7) is 0. The fraction of sp³-hybridized carbons (Fsp3) is 0.0500. The molecule has 6 heteroatoms. The zero-order valence-corrected chi connectivity index (χ0v) is 13.4. The number of halogens is 3. The van der Waals surface area contributed by atoms with Crippen LogP contribution in [0.1, 0.15) is 4.79 Å². The van der Waals surface area contributed by atoms with Crippen LogP contribution in [-0.2, 0) is 0 Å². The van der Waals surface area contributed by atoms with Crippen molar-refractivity contribution in [2.75, 3.05) is 0 Å². The molecule has 4 rings (SSSR count). The van der Waals surface area contributed by atoms with Gasteiger partial charge in [-0.25, -0.2) is 0 Å². The first kappa shape index (κ1) is 16.2. The Balaban J connectivity index is 2.00. The zero-order chi connectivity index (χ0) is 18.3. The van der Waals surface area contributed by atoms with Gasteiger partial charge in [0.05, 0.1) is 11.4 Å². The van der Waals surface area contributed by atoms with E-state index in [9.17, 15) is 18.0 Å². The number of hydrogen-bond donors (Lipinski definition) is 1. The first-order valence-corrected chi connectivity index (χ1v) is 7.92. The third-order valence-electron chi connectivity index (χ3n) is 4.23. The lowest BCUT2D eigenvalue weighted by Gasteiger charge is -2.11. The van der Waals surface area contributed by atoms with Gasteiger partial charge in [-0.2, -0.15) is 13.2 Å². The first-order chi connectivity index (χ1) is 12.5. The Morgan fingerprint density at radius 1 is 0.885 bits per heavy atom. The van der Waals surface area contributed by atoms with E-state index in [1.54, 1.807) is 0 Å². The Bertz CT molecular complexity index is 1090. The second kappa shape index (κ2) is 5.91. The maximum Gasteiger partial charge on any atom is 0.472 e. The summed E-state index contributed by atoms with van der Waals surface area (Å²) >= 11 is 0. The van der Waals surface area contributed by atoms with E-state index >= 15 is 0 Å². The Hall–Kier alpha value is -3.28. The topological polar surface area (TPSA) is 37.8 Å². The Kier molecular flexibility index (Phi) is 3.68. The molecule has 26 heavy (non-hydrogen) atoms. The Morgan fingerprint density at radius 2 is 1.58 bits per heavy atom. The molecule has 3 nitrogen and oxygen atoms in total. The number of hydrogen-bond acceptors (Lipinski definition) is 1. The molecule has 0 amide bonds. The molecule has 0 saturated carbocycles. The molecule has 0 atom stereocenters. The van der Waals surface area contributed by atoms with E-state index < -0.39 is 12.1 Å². The van der Waals surface area contributed by atoms with Crippen molar-refractivity contribution < 1.29 is 18.0 Å². The summed E-state index contributed by atoms with van der Waals surface area (Å²) in [5.74, 6) is -1.92. The maximum absolute atomic E-state index is 13.0. The number of aromatic amines is 1. The van der Waals surface area contributed by atoms with Crippen molar-refractivity contribution in [1.29, 1.82) is 0 Å². The van der Waals surface area contributed by atoms with Crippen LogP contribution in [0.3, 0.4) is 0 Å². The summed E-state index contributed by atoms with van der Waals surface area (Å²) in [6, 6.07) is 19.8. The van der Waals surface area contributed by atoms with Crippen molar-refractivity contribution in [3.8, 4) is 22.5 Å². The zero-order valence-electron chi connectivity index (χ0n) is 13.4. The van der Waals surface area contributed by atoms with Crippen LogP contribution >= 0.6 is 0 Å². The predicted octanol–water partition coefficient (Wildman–Crippen LogP) is 5.51. The Morgan fingerprint density at radius 3 is 2.31 bits per heavy atom. The monoisotopic (exact) mass is 354 g/mol. The smallest absolute Gasteiger partial charge is 0.353 e. The number of H-pyrrole nitrogens is 1. The van der Waals surface area contributed by atoms with Crippen LogP contribution in [0.15, 0.2) is 72.9 Å². The van der Waals surface area contributed by atoms with Crippen LogP contribution in [0.25, 0.3) is 33.4 Å². The van der Waals surface area contributed by atoms with Gasteiger partial charge in [-0.15, -0.1) is 0 Å². The SMILES string of the molecule is O=C(n1cccc1-c1[nH]c2ccccc2c1-c1ccccc1)C(F)(F)F. The quantitative estimate of drug-likeness (QED) is 0.507. The number of aromatic nitrogens is 2. The van der Waals surface area contributed by atoms with Gasteiger partial charge < -0.3 is 4.98 Å². The lowest BCUT2D eigenvalue weighted by atomic mass is 10.0. The van der Waals surface area contributed by atoms with E-state index in [1.165, 1.54) is 12.1 Å². The highest BCUT2D eigenvalue weighted by Gasteiger charge is 2.41. The fourth-order valence-electron chi connectivity index (χ4n) is 3.14. The summed E-state index contributed by atoms with van der Waals surface area (Å²) in [6.07, 6.45) is -3.82. The standard InChI is InChI=1S/C20H13F3N2O/c21-20(22,23)19(26)25-12-6-11-16(25)18-17(13-7-2-1-3-8-13)14-9-4-5-10-15(14)24-18/h1-12,24H. The van der Waals surface area contributed by atoms with Crippen LogP contribution in [0.2, 0.25) is 0 Å². The number of carbonyl (C=O) groups excluding carboxylic acids is 1. The number of nitrogens with one attached hydrogen (secondary N) is 1. The average molecular weight is 354 g/mol. The second-order valence-corrected chi connectivity index (χ2v) is 5.85. The van der Waals surface area contributed by atoms with Gasteiger partial charge in [-0.05, 0) is 23.8 Å². The minimum atomic E-state index is -4.95. The van der Waals surface area contributed by atoms with Crippen LogP contribution in [0.4, 0.5) is 13.2 Å². The molecule has 0 fully saturated rings. The molecule has 0 unspecified atom stereocenters. The number of benzene rings is 2. The van der Waals surface area contributed by atoms with Crippen molar-refractivity contribution in [3.63, 3.8) is 0 Å². The van der Waals surface area contributed by atoms with Crippen molar-refractivity contribution in [3.05, 3.63) is 72.9 Å². The van der Waals surface area contributed by atoms with Crippen molar-refractivity contribution in [2.24, 2.45) is 0 Å². The minimum Gasteiger partial charge on any atom is -0.353 e. The number of carbonyl (C=O) groups is 1. The third-order valence-corrected chi connectivity index (χ3v) is 4.23. The van der Waals surface area contributed by atoms with Gasteiger partial charge >= 0.3 is 12.1 Å². The van der Waals surface area contributed by atoms with Gasteiger partial charge in [0, 0.05) is 22.7 Å². The third kappa shape index (κ3) is 2.60. The lowest BCUT2D eigenvalue weighted by molar-refractivity contribution is -0.0944. The van der Waals surface area contributed by atoms with E-state index in [1.807, 2.05) is 54.6 Å². The summed E-state index contributed by atoms with van der Waals surface area (Å²) in [7, 11) is 0. The summed E-state index contributed by atoms with van der Waals surface area (Å²) in [5.41, 5.74) is 3.04. The number of alkyl halides is 3. The normalized spacial score (nSPS) is 11.8. The molecule has 0 radical (unpaired) electrons. The second-order valence-electron chi connectivity index (χ2n) is 5.85. The largest absolute Gasteiger partial charge is 0.472 e. The molecule has 0 aliphatic heterocycles. The highest BCUT2D eigenvalue weighted by atomic mass is 19.4. The fourth-order valence-corrected chi connectivity index (χ4v) is 3.14. The van der Waals surface area contributed by atoms with Crippen molar-refractivity contribution in [1.82, 2.24) is 9.55 Å². The molecule has 2 heterocycles. The van der Waals surface area contributed by atoms with E-state index in [0.29, 0.717) is 10.3 Å². The number of nitrogens with zero attached hydrogens (tertiary/aromatic N) is 1. The van der Waals surface area contributed by atoms with Gasteiger partial charge in [0.1, 0.15) is 0 Å². The first-order valence-electron chi connectivity index (χ1n) is 7.92. The molecule has 1 N–H and O–H groups in total. The van der Waals surface area contributed by atoms with E-state index in [-0.39, 0.29) is 5.69 Å². The molecule has 0 spiro atoms. The van der Waals surface area contributed by atoms with Gasteiger partial charge in [0.25, 0.3) is 0 Å². The summed E-state index contributed by atoms with van der Waals surface area (Å²) in [5, 5.41) is 0.876. The van der Waals surface area contributed by atoms with E-state index in [4.69, 9.17) is 0 Å². The highest BCUT2D eigenvalue weighted by molar-refractivity contribution is 6.04. The van der Waals surface area contributed by atoms with E-state index in [0.717, 1.165) is 28.2 Å². The molecular weight excluding hydrogens is 341 g/mol. The molecule has 4 aromatic rings. The molecule has 2 aromatic heterocycles. The van der Waals surface area contributed by atoms with Gasteiger partial charge in [0.2, 0.25) is 0 Å². The summed E-state index contributed by atoms with van der Waals surface area (Å²) < 4.78 is 39.5.